The van der Waals surface area contributed by atoms with Gasteiger partial charge in [0.05, 0.1) is 6.10 Å². The van der Waals surface area contributed by atoms with Crippen molar-refractivity contribution in [3.05, 3.63) is 48.6 Å². The topological polar surface area (TPSA) is 93.1 Å². The lowest BCUT2D eigenvalue weighted by Crippen LogP contribution is -2.25. The van der Waals surface area contributed by atoms with Crippen molar-refractivity contribution >= 4 is 11.9 Å². The van der Waals surface area contributed by atoms with Gasteiger partial charge in [0.25, 0.3) is 0 Å². The molecule has 0 aliphatic rings. The maximum atomic E-state index is 11.9. The van der Waals surface area contributed by atoms with E-state index in [-0.39, 0.29) is 25.6 Å². The molecule has 0 saturated carbocycles. The molecular weight excluding hydrogens is 528 g/mol. The number of allylic oxidation sites excluding steroid dienone is 7. The first-order valence-corrected chi connectivity index (χ1v) is 16.7. The van der Waals surface area contributed by atoms with Gasteiger partial charge in [0.2, 0.25) is 0 Å². The van der Waals surface area contributed by atoms with Crippen LogP contribution >= 0.6 is 0 Å². The summed E-state index contributed by atoms with van der Waals surface area (Å²) in [4.78, 5) is 23.8. The van der Waals surface area contributed by atoms with Crippen molar-refractivity contribution in [3.8, 4) is 0 Å². The van der Waals surface area contributed by atoms with Crippen molar-refractivity contribution in [2.24, 2.45) is 5.92 Å². The molecule has 0 aromatic carbocycles. The zero-order chi connectivity index (χ0) is 31.1. The van der Waals surface area contributed by atoms with Gasteiger partial charge >= 0.3 is 11.9 Å². The molecule has 0 rings (SSSR count). The third-order valence-corrected chi connectivity index (χ3v) is 6.85. The van der Waals surface area contributed by atoms with Crippen molar-refractivity contribution in [2.45, 2.75) is 149 Å². The van der Waals surface area contributed by atoms with E-state index in [2.05, 4.69) is 45.1 Å². The summed E-state index contributed by atoms with van der Waals surface area (Å²) < 4.78 is 10.2. The van der Waals surface area contributed by atoms with Gasteiger partial charge in [-0.15, -0.1) is 0 Å². The highest BCUT2D eigenvalue weighted by Crippen LogP contribution is 2.13. The van der Waals surface area contributed by atoms with Crippen molar-refractivity contribution in [3.63, 3.8) is 0 Å². The summed E-state index contributed by atoms with van der Waals surface area (Å²) in [6.07, 6.45) is 32.1. The largest absolute Gasteiger partial charge is 0.463 e. The fourth-order valence-electron chi connectivity index (χ4n) is 4.25. The maximum absolute atomic E-state index is 11.9. The number of hydrogen-bond acceptors (Lipinski definition) is 6. The molecule has 0 radical (unpaired) electrons. The van der Waals surface area contributed by atoms with Gasteiger partial charge < -0.3 is 19.7 Å². The van der Waals surface area contributed by atoms with E-state index in [1.54, 1.807) is 6.08 Å². The van der Waals surface area contributed by atoms with E-state index >= 15 is 0 Å². The summed E-state index contributed by atoms with van der Waals surface area (Å²) in [7, 11) is 0. The maximum Gasteiger partial charge on any atom is 0.305 e. The van der Waals surface area contributed by atoms with E-state index in [0.717, 1.165) is 44.4 Å². The minimum Gasteiger partial charge on any atom is -0.463 e. The zero-order valence-electron chi connectivity index (χ0n) is 27.0. The average molecular weight is 591 g/mol. The second-order valence-electron chi connectivity index (χ2n) is 11.6. The monoisotopic (exact) mass is 590 g/mol. The number of ether oxygens (including phenoxy) is 2. The molecule has 2 atom stereocenters. The number of aliphatic hydroxyl groups excluding tert-OH is 2. The lowest BCUT2D eigenvalue weighted by Gasteiger charge is -2.12. The van der Waals surface area contributed by atoms with Crippen LogP contribution in [0.25, 0.3) is 0 Å². The molecule has 0 unspecified atom stereocenters. The van der Waals surface area contributed by atoms with Gasteiger partial charge in [0, 0.05) is 12.8 Å². The normalized spacial score (nSPS) is 13.7. The van der Waals surface area contributed by atoms with Gasteiger partial charge in [-0.25, -0.2) is 0 Å². The fraction of sp³-hybridized carbons (Fsp3) is 0.722. The summed E-state index contributed by atoms with van der Waals surface area (Å²) in [6.45, 7) is 6.35. The Kier molecular flexibility index (Phi) is 28.7. The Bertz CT molecular complexity index is 752. The van der Waals surface area contributed by atoms with E-state index in [0.29, 0.717) is 19.3 Å². The molecule has 0 bridgehead atoms. The average Bonchev–Trinajstić information content (AvgIpc) is 2.96. The van der Waals surface area contributed by atoms with E-state index in [4.69, 9.17) is 9.47 Å². The SMILES string of the molecule is CCCCC/C=C\C/C=C\C/C=C\C=C\[C@@H](O)CCCC(=O)OC[C@@H](O)COC(=O)CCCCCCCCCC(C)C. The van der Waals surface area contributed by atoms with E-state index in [9.17, 15) is 19.8 Å². The molecule has 0 aromatic heterocycles. The number of carbonyl (C=O) groups is 2. The first-order chi connectivity index (χ1) is 20.3. The molecule has 0 aliphatic carbocycles. The number of carbonyl (C=O) groups excluding carboxylic acids is 2. The van der Waals surface area contributed by atoms with Gasteiger partial charge in [-0.05, 0) is 50.9 Å². The Morgan fingerprint density at radius 3 is 1.86 bits per heavy atom. The van der Waals surface area contributed by atoms with Crippen molar-refractivity contribution in [2.75, 3.05) is 13.2 Å². The molecule has 0 fully saturated rings. The number of esters is 2. The predicted molar refractivity (Wildman–Crippen MR) is 174 cm³/mol. The summed E-state index contributed by atoms with van der Waals surface area (Å²) in [5, 5.41) is 20.0. The quantitative estimate of drug-likeness (QED) is 0.0410. The zero-order valence-corrected chi connectivity index (χ0v) is 27.0. The molecule has 6 nitrogen and oxygen atoms in total. The van der Waals surface area contributed by atoms with E-state index in [1.165, 1.54) is 51.4 Å². The lowest BCUT2D eigenvalue weighted by molar-refractivity contribution is -0.152. The Morgan fingerprint density at radius 1 is 0.643 bits per heavy atom. The molecule has 6 heteroatoms. The standard InChI is InChI=1S/C36H62O6/c1-4-5-6-7-8-9-10-11-12-13-16-19-22-26-33(37)27-24-29-36(40)42-31-34(38)30-41-35(39)28-23-20-17-14-15-18-21-25-32(2)3/h8-9,11-12,16,19,22,26,32-34,37-38H,4-7,10,13-15,17-18,20-21,23-25,27-31H2,1-3H3/b9-8-,12-11-,19-16-,26-22+/t33-,34+/m1/s1. The summed E-state index contributed by atoms with van der Waals surface area (Å²) >= 11 is 0. The van der Waals surface area contributed by atoms with Crippen molar-refractivity contribution in [1.29, 1.82) is 0 Å². The first-order valence-electron chi connectivity index (χ1n) is 16.7. The third-order valence-electron chi connectivity index (χ3n) is 6.85. The fourth-order valence-corrected chi connectivity index (χ4v) is 4.25. The molecule has 0 amide bonds. The molecule has 242 valence electrons. The lowest BCUT2D eigenvalue weighted by atomic mass is 10.0. The van der Waals surface area contributed by atoms with Crippen LogP contribution in [0.15, 0.2) is 48.6 Å². The van der Waals surface area contributed by atoms with E-state index in [1.807, 2.05) is 18.2 Å². The molecule has 0 aromatic rings. The highest BCUT2D eigenvalue weighted by Gasteiger charge is 2.12. The molecule has 42 heavy (non-hydrogen) atoms. The summed E-state index contributed by atoms with van der Waals surface area (Å²) in [6, 6.07) is 0. The van der Waals surface area contributed by atoms with Crippen LogP contribution in [0.1, 0.15) is 136 Å². The molecular formula is C36H62O6. The Morgan fingerprint density at radius 2 is 1.21 bits per heavy atom. The van der Waals surface area contributed by atoms with Gasteiger partial charge in [0.1, 0.15) is 19.3 Å². The summed E-state index contributed by atoms with van der Waals surface area (Å²) in [5.41, 5.74) is 0. The van der Waals surface area contributed by atoms with Crippen LogP contribution in [-0.4, -0.2) is 47.6 Å². The molecule has 2 N–H and O–H groups in total. The van der Waals surface area contributed by atoms with Crippen LogP contribution < -0.4 is 0 Å². The molecule has 0 spiro atoms. The van der Waals surface area contributed by atoms with E-state index < -0.39 is 18.2 Å². The number of rotatable bonds is 28. The molecule has 0 heterocycles. The van der Waals surface area contributed by atoms with Crippen LogP contribution in [0, 0.1) is 5.92 Å². The highest BCUT2D eigenvalue weighted by atomic mass is 16.6. The highest BCUT2D eigenvalue weighted by molar-refractivity contribution is 5.69. The Labute approximate surface area is 257 Å². The molecule has 0 saturated heterocycles. The predicted octanol–water partition coefficient (Wildman–Crippen LogP) is 8.72. The van der Waals surface area contributed by atoms with Crippen LogP contribution in [0.4, 0.5) is 0 Å². The number of aliphatic hydroxyl groups is 2. The Hall–Kier alpha value is -2.18. The van der Waals surface area contributed by atoms with Gasteiger partial charge in [-0.1, -0.05) is 127 Å². The number of hydrogen-bond donors (Lipinski definition) is 2. The second-order valence-corrected chi connectivity index (χ2v) is 11.6. The molecule has 0 aliphatic heterocycles. The minimum absolute atomic E-state index is 0.156. The van der Waals surface area contributed by atoms with Crippen molar-refractivity contribution < 1.29 is 29.3 Å². The third kappa shape index (κ3) is 30.8. The van der Waals surface area contributed by atoms with Crippen LogP contribution in [-0.2, 0) is 19.1 Å². The van der Waals surface area contributed by atoms with Crippen LogP contribution in [0.2, 0.25) is 0 Å². The Balaban J connectivity index is 3.71. The van der Waals surface area contributed by atoms with Crippen LogP contribution in [0.5, 0.6) is 0 Å². The second kappa shape index (κ2) is 30.3. The smallest absolute Gasteiger partial charge is 0.305 e. The first kappa shape index (κ1) is 39.8. The van der Waals surface area contributed by atoms with Gasteiger partial charge in [0.15, 0.2) is 0 Å². The summed E-state index contributed by atoms with van der Waals surface area (Å²) in [5.74, 6) is 0.0123. The van der Waals surface area contributed by atoms with Gasteiger partial charge in [-0.3, -0.25) is 9.59 Å². The van der Waals surface area contributed by atoms with Crippen LogP contribution in [0.3, 0.4) is 0 Å². The van der Waals surface area contributed by atoms with Gasteiger partial charge in [-0.2, -0.15) is 0 Å². The van der Waals surface area contributed by atoms with Crippen molar-refractivity contribution in [1.82, 2.24) is 0 Å². The number of unbranched alkanes of at least 4 members (excludes halogenated alkanes) is 9. The minimum atomic E-state index is -1.04.